The average molecular weight is 277 g/mol. The Balaban J connectivity index is 1.95. The van der Waals surface area contributed by atoms with Crippen LogP contribution in [0.5, 0.6) is 5.75 Å². The molecule has 2 N–H and O–H groups in total. The number of benzene rings is 1. The summed E-state index contributed by atoms with van der Waals surface area (Å²) in [6.45, 7) is 2.57. The van der Waals surface area contributed by atoms with Crippen molar-refractivity contribution < 1.29 is 14.6 Å². The van der Waals surface area contributed by atoms with Crippen molar-refractivity contribution in [3.05, 3.63) is 29.8 Å². The second kappa shape index (κ2) is 6.75. The zero-order valence-corrected chi connectivity index (χ0v) is 12.0. The molecule has 1 amide bonds. The van der Waals surface area contributed by atoms with E-state index in [4.69, 9.17) is 4.74 Å². The Morgan fingerprint density at radius 1 is 1.40 bits per heavy atom. The van der Waals surface area contributed by atoms with Gasteiger partial charge < -0.3 is 15.2 Å². The minimum absolute atomic E-state index is 0.0255. The second-order valence-corrected chi connectivity index (χ2v) is 5.45. The largest absolute Gasteiger partial charge is 0.494 e. The van der Waals surface area contributed by atoms with E-state index in [0.717, 1.165) is 37.0 Å². The number of ether oxygens (including phenoxy) is 1. The second-order valence-electron chi connectivity index (χ2n) is 5.45. The third-order valence-corrected chi connectivity index (χ3v) is 3.84. The number of rotatable bonds is 6. The lowest BCUT2D eigenvalue weighted by atomic mass is 9.98. The van der Waals surface area contributed by atoms with Gasteiger partial charge in [-0.25, -0.2) is 0 Å². The first-order valence-electron chi connectivity index (χ1n) is 7.31. The summed E-state index contributed by atoms with van der Waals surface area (Å²) in [4.78, 5) is 12.1. The summed E-state index contributed by atoms with van der Waals surface area (Å²) in [5.74, 6) is 0.755. The van der Waals surface area contributed by atoms with E-state index < -0.39 is 5.54 Å². The minimum atomic E-state index is -0.394. The van der Waals surface area contributed by atoms with Gasteiger partial charge in [-0.05, 0) is 37.5 Å². The number of carbonyl (C=O) groups is 1. The van der Waals surface area contributed by atoms with Crippen LogP contribution >= 0.6 is 0 Å². The van der Waals surface area contributed by atoms with E-state index in [0.29, 0.717) is 13.0 Å². The van der Waals surface area contributed by atoms with Gasteiger partial charge in [-0.2, -0.15) is 0 Å². The molecule has 1 aliphatic rings. The number of carbonyl (C=O) groups excluding carboxylic acids is 1. The highest BCUT2D eigenvalue weighted by Gasteiger charge is 2.34. The summed E-state index contributed by atoms with van der Waals surface area (Å²) in [5.41, 5.74) is 0.536. The molecule has 0 radical (unpaired) electrons. The molecule has 0 aromatic heterocycles. The Bertz CT molecular complexity index is 453. The SMILES string of the molecule is CCOc1cccc(CC(=O)NC2(CO)CCCC2)c1. The Morgan fingerprint density at radius 3 is 2.80 bits per heavy atom. The molecule has 4 nitrogen and oxygen atoms in total. The highest BCUT2D eigenvalue weighted by molar-refractivity contribution is 5.79. The van der Waals surface area contributed by atoms with Crippen LogP contribution in [0.2, 0.25) is 0 Å². The van der Waals surface area contributed by atoms with Gasteiger partial charge in [-0.1, -0.05) is 25.0 Å². The van der Waals surface area contributed by atoms with Gasteiger partial charge in [0.05, 0.1) is 25.2 Å². The molecule has 1 aromatic rings. The van der Waals surface area contributed by atoms with Gasteiger partial charge in [0, 0.05) is 0 Å². The molecule has 1 aliphatic carbocycles. The fraction of sp³-hybridized carbons (Fsp3) is 0.562. The van der Waals surface area contributed by atoms with Crippen LogP contribution in [-0.2, 0) is 11.2 Å². The molecule has 0 unspecified atom stereocenters. The molecule has 0 atom stereocenters. The number of amides is 1. The number of aliphatic hydroxyl groups excluding tert-OH is 1. The van der Waals surface area contributed by atoms with E-state index in [-0.39, 0.29) is 12.5 Å². The van der Waals surface area contributed by atoms with Crippen molar-refractivity contribution in [2.45, 2.75) is 44.6 Å². The maximum atomic E-state index is 12.1. The van der Waals surface area contributed by atoms with Crippen molar-refractivity contribution in [3.63, 3.8) is 0 Å². The monoisotopic (exact) mass is 277 g/mol. The molecular weight excluding hydrogens is 254 g/mol. The molecule has 1 aromatic carbocycles. The van der Waals surface area contributed by atoms with Crippen LogP contribution in [-0.4, -0.2) is 29.8 Å². The van der Waals surface area contributed by atoms with Gasteiger partial charge in [-0.15, -0.1) is 0 Å². The molecule has 4 heteroatoms. The van der Waals surface area contributed by atoms with Crippen LogP contribution in [0.15, 0.2) is 24.3 Å². The van der Waals surface area contributed by atoms with E-state index in [2.05, 4.69) is 5.32 Å². The highest BCUT2D eigenvalue weighted by Crippen LogP contribution is 2.29. The lowest BCUT2D eigenvalue weighted by Gasteiger charge is -2.28. The van der Waals surface area contributed by atoms with Crippen molar-refractivity contribution >= 4 is 5.91 Å². The van der Waals surface area contributed by atoms with E-state index in [1.54, 1.807) is 0 Å². The molecule has 0 saturated heterocycles. The molecule has 20 heavy (non-hydrogen) atoms. The highest BCUT2D eigenvalue weighted by atomic mass is 16.5. The van der Waals surface area contributed by atoms with Crippen molar-refractivity contribution in [2.75, 3.05) is 13.2 Å². The lowest BCUT2D eigenvalue weighted by Crippen LogP contribution is -2.49. The molecule has 1 saturated carbocycles. The maximum absolute atomic E-state index is 12.1. The molecular formula is C16H23NO3. The van der Waals surface area contributed by atoms with Crippen molar-refractivity contribution in [3.8, 4) is 5.75 Å². The molecule has 0 heterocycles. The summed E-state index contributed by atoms with van der Waals surface area (Å²) in [7, 11) is 0. The number of hydrogen-bond donors (Lipinski definition) is 2. The molecule has 0 aliphatic heterocycles. The first-order chi connectivity index (χ1) is 9.67. The van der Waals surface area contributed by atoms with E-state index in [1.165, 1.54) is 0 Å². The van der Waals surface area contributed by atoms with E-state index in [1.807, 2.05) is 31.2 Å². The molecule has 1 fully saturated rings. The Labute approximate surface area is 120 Å². The van der Waals surface area contributed by atoms with E-state index >= 15 is 0 Å². The van der Waals surface area contributed by atoms with Crippen LogP contribution in [0.1, 0.15) is 38.2 Å². The van der Waals surface area contributed by atoms with Gasteiger partial charge in [0.15, 0.2) is 0 Å². The fourth-order valence-corrected chi connectivity index (χ4v) is 2.81. The summed E-state index contributed by atoms with van der Waals surface area (Å²) in [6, 6.07) is 7.59. The summed E-state index contributed by atoms with van der Waals surface area (Å²) < 4.78 is 5.43. The Kier molecular flexibility index (Phi) is 5.01. The van der Waals surface area contributed by atoms with Crippen molar-refractivity contribution in [1.82, 2.24) is 5.32 Å². The van der Waals surface area contributed by atoms with Crippen molar-refractivity contribution in [1.29, 1.82) is 0 Å². The molecule has 110 valence electrons. The quantitative estimate of drug-likeness (QED) is 0.836. The van der Waals surface area contributed by atoms with Crippen LogP contribution in [0.3, 0.4) is 0 Å². The van der Waals surface area contributed by atoms with Gasteiger partial charge in [0.2, 0.25) is 5.91 Å². The zero-order valence-electron chi connectivity index (χ0n) is 12.0. The average Bonchev–Trinajstić information content (AvgIpc) is 2.88. The van der Waals surface area contributed by atoms with Gasteiger partial charge in [0.1, 0.15) is 5.75 Å². The third kappa shape index (κ3) is 3.73. The maximum Gasteiger partial charge on any atom is 0.224 e. The summed E-state index contributed by atoms with van der Waals surface area (Å²) in [5, 5.41) is 12.5. The molecule has 2 rings (SSSR count). The fourth-order valence-electron chi connectivity index (χ4n) is 2.81. The predicted molar refractivity (Wildman–Crippen MR) is 77.7 cm³/mol. The van der Waals surface area contributed by atoms with E-state index in [9.17, 15) is 9.90 Å². The Hall–Kier alpha value is -1.55. The first kappa shape index (κ1) is 14.9. The molecule has 0 spiro atoms. The predicted octanol–water partition coefficient (Wildman–Crippen LogP) is 2.05. The summed E-state index contributed by atoms with van der Waals surface area (Å²) >= 11 is 0. The van der Waals surface area contributed by atoms with Crippen LogP contribution in [0, 0.1) is 0 Å². The summed E-state index contributed by atoms with van der Waals surface area (Å²) in [6.07, 6.45) is 4.20. The first-order valence-corrected chi connectivity index (χ1v) is 7.31. The normalized spacial score (nSPS) is 16.9. The number of hydrogen-bond acceptors (Lipinski definition) is 3. The van der Waals surface area contributed by atoms with Gasteiger partial charge in [0.25, 0.3) is 0 Å². The van der Waals surface area contributed by atoms with Crippen LogP contribution < -0.4 is 10.1 Å². The number of nitrogens with one attached hydrogen (secondary N) is 1. The standard InChI is InChI=1S/C16H23NO3/c1-2-20-14-7-5-6-13(10-14)11-15(19)17-16(12-18)8-3-4-9-16/h5-7,10,18H,2-4,8-9,11-12H2,1H3,(H,17,19). The smallest absolute Gasteiger partial charge is 0.224 e. The third-order valence-electron chi connectivity index (χ3n) is 3.84. The Morgan fingerprint density at radius 2 is 2.15 bits per heavy atom. The van der Waals surface area contributed by atoms with Crippen LogP contribution in [0.4, 0.5) is 0 Å². The van der Waals surface area contributed by atoms with Crippen molar-refractivity contribution in [2.24, 2.45) is 0 Å². The minimum Gasteiger partial charge on any atom is -0.494 e. The molecule has 0 bridgehead atoms. The van der Waals surface area contributed by atoms with Crippen LogP contribution in [0.25, 0.3) is 0 Å². The lowest BCUT2D eigenvalue weighted by molar-refractivity contribution is -0.122. The zero-order chi connectivity index (χ0) is 14.4. The topological polar surface area (TPSA) is 58.6 Å². The number of aliphatic hydroxyl groups is 1. The van der Waals surface area contributed by atoms with Gasteiger partial charge in [-0.3, -0.25) is 4.79 Å². The van der Waals surface area contributed by atoms with Gasteiger partial charge >= 0.3 is 0 Å².